The Bertz CT molecular complexity index is 2070. The highest BCUT2D eigenvalue weighted by Crippen LogP contribution is 2.45. The zero-order chi connectivity index (χ0) is 75.6. The van der Waals surface area contributed by atoms with E-state index in [2.05, 4.69) is 65.8 Å². The molecular weight excluding hydrogens is 1340 g/mol. The van der Waals surface area contributed by atoms with E-state index < -0.39 is 97.5 Å². The lowest BCUT2D eigenvalue weighted by Gasteiger charge is -2.21. The predicted molar refractivity (Wildman–Crippen MR) is 423 cm³/mol. The van der Waals surface area contributed by atoms with Gasteiger partial charge in [0.25, 0.3) is 0 Å². The number of aliphatic hydroxyl groups is 1. The Balaban J connectivity index is 5.27. The molecule has 0 spiro atoms. The number of carbonyl (C=O) groups excluding carboxylic acids is 4. The Kier molecular flexibility index (Phi) is 73.2. The monoisotopic (exact) mass is 1500 g/mol. The van der Waals surface area contributed by atoms with Gasteiger partial charge >= 0.3 is 39.5 Å². The molecule has 103 heavy (non-hydrogen) atoms. The molecule has 0 aliphatic carbocycles. The zero-order valence-corrected chi connectivity index (χ0v) is 68.9. The second kappa shape index (κ2) is 75.0. The number of phosphoric ester groups is 2. The fraction of sp³-hybridized carbons (Fsp3) is 0.905. The molecule has 0 amide bonds. The summed E-state index contributed by atoms with van der Waals surface area (Å²) in [5.74, 6) is -0.619. The third-order valence-corrected chi connectivity index (χ3v) is 21.0. The van der Waals surface area contributed by atoms with Crippen molar-refractivity contribution >= 4 is 39.5 Å². The van der Waals surface area contributed by atoms with Crippen LogP contribution in [0, 0.1) is 11.8 Å². The summed E-state index contributed by atoms with van der Waals surface area (Å²) < 4.78 is 68.8. The lowest BCUT2D eigenvalue weighted by atomic mass is 10.0. The van der Waals surface area contributed by atoms with Crippen LogP contribution in [0.25, 0.3) is 0 Å². The molecule has 3 N–H and O–H groups in total. The van der Waals surface area contributed by atoms with E-state index in [0.29, 0.717) is 25.7 Å². The van der Waals surface area contributed by atoms with E-state index in [4.69, 9.17) is 37.0 Å². The van der Waals surface area contributed by atoms with Gasteiger partial charge in [-0.3, -0.25) is 37.3 Å². The highest BCUT2D eigenvalue weighted by atomic mass is 31.2. The molecule has 0 fully saturated rings. The van der Waals surface area contributed by atoms with Gasteiger partial charge in [-0.2, -0.15) is 0 Å². The fourth-order valence-corrected chi connectivity index (χ4v) is 14.1. The number of hydrogen-bond acceptors (Lipinski definition) is 15. The first-order valence-corrected chi connectivity index (χ1v) is 45.8. The Hall–Kier alpha value is -2.46. The molecular formula is C84H160O17P2. The predicted octanol–water partition coefficient (Wildman–Crippen LogP) is 25.0. The summed E-state index contributed by atoms with van der Waals surface area (Å²) in [4.78, 5) is 73.1. The molecule has 0 aliphatic rings. The Morgan fingerprint density at radius 3 is 0.796 bits per heavy atom. The molecule has 19 heteroatoms. The lowest BCUT2D eigenvalue weighted by Crippen LogP contribution is -2.30. The number of aliphatic hydroxyl groups excluding tert-OH is 1. The maximum atomic E-state index is 13.1. The van der Waals surface area contributed by atoms with Crippen molar-refractivity contribution in [2.24, 2.45) is 11.8 Å². The second-order valence-electron chi connectivity index (χ2n) is 30.5. The maximum absolute atomic E-state index is 13.1. The van der Waals surface area contributed by atoms with Gasteiger partial charge in [-0.15, -0.1) is 0 Å². The standard InChI is InChI=1S/C84H160O17P2/c1-7-9-11-13-15-17-19-21-23-24-25-26-27-28-30-32-37-43-50-56-62-68-83(88)100-79(72-94-81(86)66-60-54-48-42-36-31-29-22-20-18-16-14-12-10-8-2)74-98-102(90,91)96-70-78(85)71-97-103(92,93)99-75-80(73-95-82(87)67-61-55-49-45-39-41-47-53-59-65-77(5)6)101-84(89)69-63-57-51-44-38-34-33-35-40-46-52-58-64-76(3)4/h18,20,22,29,76-80,85H,7-17,19,21,23-28,30-75H2,1-6H3,(H,90,91)(H,92,93)/b20-18-,29-22-/t78-,79-,80-/m1/s1. The first-order valence-electron chi connectivity index (χ1n) is 42.8. The van der Waals surface area contributed by atoms with Gasteiger partial charge in [0.1, 0.15) is 19.3 Å². The number of phosphoric acid groups is 2. The Morgan fingerprint density at radius 2 is 0.524 bits per heavy atom. The van der Waals surface area contributed by atoms with Crippen LogP contribution in [-0.2, 0) is 65.4 Å². The number of rotatable bonds is 81. The minimum atomic E-state index is -4.97. The smallest absolute Gasteiger partial charge is 0.462 e. The summed E-state index contributed by atoms with van der Waals surface area (Å²) in [5.41, 5.74) is 0. The molecule has 0 aromatic rings. The van der Waals surface area contributed by atoms with Crippen molar-refractivity contribution in [2.45, 2.75) is 439 Å². The van der Waals surface area contributed by atoms with Crippen LogP contribution in [0.5, 0.6) is 0 Å². The molecule has 0 saturated heterocycles. The van der Waals surface area contributed by atoms with Crippen LogP contribution >= 0.6 is 15.6 Å². The van der Waals surface area contributed by atoms with Crippen LogP contribution in [0.4, 0.5) is 0 Å². The van der Waals surface area contributed by atoms with Crippen LogP contribution in [0.1, 0.15) is 420 Å². The third kappa shape index (κ3) is 77.5. The molecule has 0 heterocycles. The SMILES string of the molecule is CCCCCC/C=C\C=C/CCCCCCCC(=O)OC[C@H](COP(=O)(O)OC[C@@H](O)COP(=O)(O)OC[C@@H](COC(=O)CCCCCCCCCCCC(C)C)OC(=O)CCCCCCCCCCCCCCC(C)C)OC(=O)CCCCCCCCCCCCCCCCCCCCCCC. The summed E-state index contributed by atoms with van der Waals surface area (Å²) in [6.07, 6.45) is 68.9. The summed E-state index contributed by atoms with van der Waals surface area (Å²) in [6.45, 7) is 9.57. The first-order chi connectivity index (χ1) is 49.9. The van der Waals surface area contributed by atoms with Crippen molar-refractivity contribution in [3.63, 3.8) is 0 Å². The van der Waals surface area contributed by atoms with E-state index in [0.717, 1.165) is 121 Å². The highest BCUT2D eigenvalue weighted by molar-refractivity contribution is 7.47. The summed E-state index contributed by atoms with van der Waals surface area (Å²) in [7, 11) is -9.94. The van der Waals surface area contributed by atoms with Gasteiger partial charge in [0.15, 0.2) is 12.2 Å². The molecule has 0 aliphatic heterocycles. The topological polar surface area (TPSA) is 237 Å². The van der Waals surface area contributed by atoms with E-state index >= 15 is 0 Å². The quantitative estimate of drug-likeness (QED) is 0.0169. The van der Waals surface area contributed by atoms with Crippen LogP contribution < -0.4 is 0 Å². The summed E-state index contributed by atoms with van der Waals surface area (Å²) in [6, 6.07) is 0. The third-order valence-electron chi connectivity index (χ3n) is 19.1. The normalized spacial score (nSPS) is 14.0. The molecule has 0 radical (unpaired) electrons. The van der Waals surface area contributed by atoms with Crippen LogP contribution in [0.3, 0.4) is 0 Å². The minimum Gasteiger partial charge on any atom is -0.462 e. The molecule has 17 nitrogen and oxygen atoms in total. The van der Waals surface area contributed by atoms with Crippen LogP contribution in [0.15, 0.2) is 24.3 Å². The van der Waals surface area contributed by atoms with Gasteiger partial charge in [-0.1, -0.05) is 368 Å². The van der Waals surface area contributed by atoms with Gasteiger partial charge in [-0.05, 0) is 63.2 Å². The summed E-state index contributed by atoms with van der Waals surface area (Å²) in [5, 5.41) is 10.7. The number of ether oxygens (including phenoxy) is 4. The van der Waals surface area contributed by atoms with Crippen molar-refractivity contribution in [3.05, 3.63) is 24.3 Å². The minimum absolute atomic E-state index is 0.102. The molecule has 608 valence electrons. The number of unbranched alkanes of at least 4 members (excludes halogenated alkanes) is 48. The Labute approximate surface area is 631 Å². The van der Waals surface area contributed by atoms with Gasteiger partial charge in [-0.25, -0.2) is 9.13 Å². The molecule has 0 aromatic carbocycles. The number of hydrogen-bond donors (Lipinski definition) is 3. The highest BCUT2D eigenvalue weighted by Gasteiger charge is 2.30. The molecule has 0 bridgehead atoms. The lowest BCUT2D eigenvalue weighted by molar-refractivity contribution is -0.161. The first kappa shape index (κ1) is 101. The average molecular weight is 1500 g/mol. The van der Waals surface area contributed by atoms with Gasteiger partial charge in [0.2, 0.25) is 0 Å². The van der Waals surface area contributed by atoms with Crippen molar-refractivity contribution in [2.75, 3.05) is 39.6 Å². The molecule has 0 aromatic heterocycles. The van der Waals surface area contributed by atoms with Crippen LogP contribution in [0.2, 0.25) is 0 Å². The molecule has 5 atom stereocenters. The largest absolute Gasteiger partial charge is 0.472 e. The maximum Gasteiger partial charge on any atom is 0.472 e. The number of carbonyl (C=O) groups is 4. The second-order valence-corrected chi connectivity index (χ2v) is 33.4. The summed E-state index contributed by atoms with van der Waals surface area (Å²) >= 11 is 0. The molecule has 0 saturated carbocycles. The van der Waals surface area contributed by atoms with E-state index in [1.807, 2.05) is 0 Å². The molecule has 0 rings (SSSR count). The number of allylic oxidation sites excluding steroid dienone is 4. The Morgan fingerprint density at radius 1 is 0.301 bits per heavy atom. The van der Waals surface area contributed by atoms with Crippen LogP contribution in [-0.4, -0.2) is 96.7 Å². The van der Waals surface area contributed by atoms with E-state index in [-0.39, 0.29) is 25.7 Å². The van der Waals surface area contributed by atoms with E-state index in [9.17, 15) is 43.2 Å². The number of esters is 4. The fourth-order valence-electron chi connectivity index (χ4n) is 12.5. The zero-order valence-electron chi connectivity index (χ0n) is 67.1. The average Bonchev–Trinajstić information content (AvgIpc) is 0.982. The van der Waals surface area contributed by atoms with Crippen molar-refractivity contribution < 1.29 is 80.2 Å². The van der Waals surface area contributed by atoms with Gasteiger partial charge in [0, 0.05) is 25.7 Å². The van der Waals surface area contributed by atoms with Crippen molar-refractivity contribution in [3.8, 4) is 0 Å². The molecule has 2 unspecified atom stereocenters. The van der Waals surface area contributed by atoms with E-state index in [1.54, 1.807) is 0 Å². The van der Waals surface area contributed by atoms with Gasteiger partial charge < -0.3 is 33.8 Å². The van der Waals surface area contributed by atoms with E-state index in [1.165, 1.54) is 218 Å². The van der Waals surface area contributed by atoms with Crippen molar-refractivity contribution in [1.29, 1.82) is 0 Å². The van der Waals surface area contributed by atoms with Gasteiger partial charge in [0.05, 0.1) is 26.4 Å². The van der Waals surface area contributed by atoms with Crippen molar-refractivity contribution in [1.82, 2.24) is 0 Å².